The van der Waals surface area contributed by atoms with Gasteiger partial charge >= 0.3 is 5.63 Å². The molecule has 2 heterocycles. The molecule has 1 aromatic heterocycles. The number of fused-ring (bicyclic) bond motifs is 3. The number of ether oxygens (including phenoxy) is 2. The van der Waals surface area contributed by atoms with Crippen molar-refractivity contribution in [2.24, 2.45) is 0 Å². The van der Waals surface area contributed by atoms with Gasteiger partial charge < -0.3 is 13.9 Å². The lowest BCUT2D eigenvalue weighted by molar-refractivity contribution is -0.0814. The van der Waals surface area contributed by atoms with Gasteiger partial charge in [-0.2, -0.15) is 0 Å². The normalized spacial score (nSPS) is 16.4. The molecule has 0 saturated carbocycles. The van der Waals surface area contributed by atoms with E-state index in [1.807, 2.05) is 6.92 Å². The molecule has 0 fully saturated rings. The molecular weight excluding hydrogens is 251 g/mol. The topological polar surface area (TPSA) is 48.7 Å². The highest BCUT2D eigenvalue weighted by Crippen LogP contribution is 2.42. The summed E-state index contributed by atoms with van der Waals surface area (Å²) >= 11 is 0. The minimum atomic E-state index is -0.651. The molecular formula is C14H11FO4. The molecule has 0 saturated heterocycles. The lowest BCUT2D eigenvalue weighted by atomic mass is 10.0. The predicted octanol–water partition coefficient (Wildman–Crippen LogP) is 2.87. The molecule has 0 N–H and O–H groups in total. The zero-order valence-electron chi connectivity index (χ0n) is 10.2. The van der Waals surface area contributed by atoms with Gasteiger partial charge in [-0.25, -0.2) is 9.18 Å². The maximum atomic E-state index is 13.3. The largest absolute Gasteiger partial charge is 0.460 e. The second kappa shape index (κ2) is 4.51. The van der Waals surface area contributed by atoms with Crippen LogP contribution in [0.15, 0.2) is 39.5 Å². The molecule has 0 spiro atoms. The van der Waals surface area contributed by atoms with E-state index in [1.54, 1.807) is 6.07 Å². The molecule has 0 bridgehead atoms. The Balaban J connectivity index is 2.22. The van der Waals surface area contributed by atoms with Crippen LogP contribution in [0.25, 0.3) is 11.3 Å². The third-order valence-corrected chi connectivity index (χ3v) is 2.86. The maximum Gasteiger partial charge on any atom is 0.336 e. The van der Waals surface area contributed by atoms with Gasteiger partial charge in [0.1, 0.15) is 11.6 Å². The van der Waals surface area contributed by atoms with E-state index in [0.717, 1.165) is 0 Å². The fourth-order valence-corrected chi connectivity index (χ4v) is 2.06. The smallest absolute Gasteiger partial charge is 0.336 e. The molecule has 0 aliphatic carbocycles. The van der Waals surface area contributed by atoms with Crippen LogP contribution in [0.2, 0.25) is 0 Å². The number of hydrogen-bond donors (Lipinski definition) is 0. The average molecular weight is 262 g/mol. The van der Waals surface area contributed by atoms with Crippen LogP contribution in [-0.2, 0) is 4.74 Å². The molecule has 1 aromatic carbocycles. The molecule has 19 heavy (non-hydrogen) atoms. The number of benzene rings is 1. The van der Waals surface area contributed by atoms with Gasteiger partial charge in [-0.3, -0.25) is 0 Å². The van der Waals surface area contributed by atoms with Crippen molar-refractivity contribution < 1.29 is 18.3 Å². The molecule has 98 valence electrons. The molecule has 0 amide bonds. The van der Waals surface area contributed by atoms with Crippen LogP contribution in [0.4, 0.5) is 4.39 Å². The second-order valence-electron chi connectivity index (χ2n) is 4.08. The van der Waals surface area contributed by atoms with Crippen molar-refractivity contribution in [2.75, 3.05) is 6.61 Å². The minimum absolute atomic E-state index is 0.298. The summed E-state index contributed by atoms with van der Waals surface area (Å²) in [5.74, 6) is 0.308. The summed E-state index contributed by atoms with van der Waals surface area (Å²) < 4.78 is 29.6. The van der Waals surface area contributed by atoms with Gasteiger partial charge in [0.25, 0.3) is 0 Å². The first kappa shape index (κ1) is 11.9. The van der Waals surface area contributed by atoms with Crippen molar-refractivity contribution in [3.63, 3.8) is 0 Å². The van der Waals surface area contributed by atoms with E-state index in [1.165, 1.54) is 24.3 Å². The summed E-state index contributed by atoms with van der Waals surface area (Å²) in [6, 6.07) is 6.92. The van der Waals surface area contributed by atoms with Crippen LogP contribution in [0.1, 0.15) is 18.8 Å². The van der Waals surface area contributed by atoms with E-state index < -0.39 is 17.7 Å². The Morgan fingerprint density at radius 2 is 2.16 bits per heavy atom. The number of rotatable bonds is 2. The molecule has 1 atom stereocenters. The summed E-state index contributed by atoms with van der Waals surface area (Å²) in [6.45, 7) is 2.28. The highest BCUT2D eigenvalue weighted by atomic mass is 19.1. The standard InChI is InChI=1S/C14H11FO4/c1-2-17-14-9-4-6-12(16)19-13(9)10-7-8(15)3-5-11(10)18-14/h3-7,14H,2H2,1H3. The number of halogens is 1. The Morgan fingerprint density at radius 1 is 1.32 bits per heavy atom. The van der Waals surface area contributed by atoms with E-state index in [2.05, 4.69) is 0 Å². The van der Waals surface area contributed by atoms with Crippen molar-refractivity contribution in [1.29, 1.82) is 0 Å². The van der Waals surface area contributed by atoms with Gasteiger partial charge in [0.2, 0.25) is 6.29 Å². The Bertz CT molecular complexity index is 677. The van der Waals surface area contributed by atoms with Crippen LogP contribution in [-0.4, -0.2) is 6.61 Å². The zero-order valence-corrected chi connectivity index (χ0v) is 10.2. The molecule has 1 unspecified atom stereocenters. The van der Waals surface area contributed by atoms with Crippen LogP contribution in [0.3, 0.4) is 0 Å². The Kier molecular flexibility index (Phi) is 2.83. The fraction of sp³-hybridized carbons (Fsp3) is 0.214. The van der Waals surface area contributed by atoms with Gasteiger partial charge in [-0.1, -0.05) is 0 Å². The van der Waals surface area contributed by atoms with Gasteiger partial charge in [0.15, 0.2) is 5.76 Å². The van der Waals surface area contributed by atoms with Crippen LogP contribution < -0.4 is 10.4 Å². The summed E-state index contributed by atoms with van der Waals surface area (Å²) in [5, 5.41) is 0. The summed E-state index contributed by atoms with van der Waals surface area (Å²) in [7, 11) is 0. The lowest BCUT2D eigenvalue weighted by Crippen LogP contribution is -2.18. The maximum absolute atomic E-state index is 13.3. The Morgan fingerprint density at radius 3 is 2.95 bits per heavy atom. The molecule has 4 nitrogen and oxygen atoms in total. The first-order valence-electron chi connectivity index (χ1n) is 5.91. The van der Waals surface area contributed by atoms with Crippen LogP contribution in [0.5, 0.6) is 5.75 Å². The van der Waals surface area contributed by atoms with Gasteiger partial charge in [0.05, 0.1) is 11.1 Å². The average Bonchev–Trinajstić information content (AvgIpc) is 2.40. The SMILES string of the molecule is CCOC1Oc2ccc(F)cc2-c2oc(=O)ccc21. The Labute approximate surface area is 108 Å². The number of hydrogen-bond acceptors (Lipinski definition) is 4. The Hall–Kier alpha value is -2.14. The van der Waals surface area contributed by atoms with E-state index in [-0.39, 0.29) is 0 Å². The molecule has 1 aliphatic heterocycles. The van der Waals surface area contributed by atoms with Crippen LogP contribution >= 0.6 is 0 Å². The van der Waals surface area contributed by atoms with E-state index in [4.69, 9.17) is 13.9 Å². The first-order chi connectivity index (χ1) is 9.19. The summed E-state index contributed by atoms with van der Waals surface area (Å²) in [4.78, 5) is 11.4. The predicted molar refractivity (Wildman–Crippen MR) is 65.4 cm³/mol. The van der Waals surface area contributed by atoms with Crippen molar-refractivity contribution in [3.8, 4) is 17.1 Å². The van der Waals surface area contributed by atoms with Crippen molar-refractivity contribution in [2.45, 2.75) is 13.2 Å². The summed E-state index contributed by atoms with van der Waals surface area (Å²) in [5.41, 5.74) is 0.509. The minimum Gasteiger partial charge on any atom is -0.460 e. The lowest BCUT2D eigenvalue weighted by Gasteiger charge is -2.26. The molecule has 2 aromatic rings. The van der Waals surface area contributed by atoms with Gasteiger partial charge in [0, 0.05) is 12.7 Å². The fourth-order valence-electron chi connectivity index (χ4n) is 2.06. The van der Waals surface area contributed by atoms with E-state index in [9.17, 15) is 9.18 Å². The third-order valence-electron chi connectivity index (χ3n) is 2.86. The van der Waals surface area contributed by atoms with Crippen LogP contribution in [0, 0.1) is 5.82 Å². The molecule has 5 heteroatoms. The zero-order chi connectivity index (χ0) is 13.4. The molecule has 3 rings (SSSR count). The van der Waals surface area contributed by atoms with Crippen molar-refractivity contribution in [1.82, 2.24) is 0 Å². The summed E-state index contributed by atoms with van der Waals surface area (Å²) in [6.07, 6.45) is -0.651. The van der Waals surface area contributed by atoms with Gasteiger partial charge in [-0.05, 0) is 31.2 Å². The van der Waals surface area contributed by atoms with E-state index in [0.29, 0.717) is 29.2 Å². The molecule has 0 radical (unpaired) electrons. The highest BCUT2D eigenvalue weighted by Gasteiger charge is 2.29. The van der Waals surface area contributed by atoms with Gasteiger partial charge in [-0.15, -0.1) is 0 Å². The van der Waals surface area contributed by atoms with Crippen molar-refractivity contribution in [3.05, 3.63) is 52.1 Å². The molecule has 1 aliphatic rings. The van der Waals surface area contributed by atoms with Crippen molar-refractivity contribution >= 4 is 0 Å². The van der Waals surface area contributed by atoms with E-state index >= 15 is 0 Å². The highest BCUT2D eigenvalue weighted by molar-refractivity contribution is 5.70. The quantitative estimate of drug-likeness (QED) is 0.835. The monoisotopic (exact) mass is 262 g/mol. The third kappa shape index (κ3) is 2.02. The first-order valence-corrected chi connectivity index (χ1v) is 5.91. The second-order valence-corrected chi connectivity index (χ2v) is 4.08.